The van der Waals surface area contributed by atoms with Gasteiger partial charge in [0.1, 0.15) is 17.2 Å². The molecule has 1 heterocycles. The zero-order valence-electron chi connectivity index (χ0n) is 17.1. The largest absolute Gasteiger partial charge is 0.508 e. The minimum atomic E-state index is -0.0136. The van der Waals surface area contributed by atoms with Gasteiger partial charge in [-0.15, -0.1) is 0 Å². The standard InChI is InChI=1S/C23H30N2O4/c1-3-16-14-25(15-18-7-8-21(29-2)13-22(18)27)10-9-17(16)11-23(28)24-19-5-4-6-20(26)12-19/h4-8,12-13,16-17,26-27H,3,9-11,14-15H2,1-2H3,(H,24,28)/t16-,17+/m1/s1. The number of carbonyl (C=O) groups excluding carboxylic acids is 1. The molecule has 0 bridgehead atoms. The van der Waals surface area contributed by atoms with E-state index < -0.39 is 0 Å². The van der Waals surface area contributed by atoms with Crippen molar-refractivity contribution in [3.8, 4) is 17.2 Å². The zero-order chi connectivity index (χ0) is 20.8. The third kappa shape index (κ3) is 5.64. The summed E-state index contributed by atoms with van der Waals surface area (Å²) >= 11 is 0. The first-order chi connectivity index (χ1) is 14.0. The second-order valence-corrected chi connectivity index (χ2v) is 7.75. The molecule has 1 aliphatic heterocycles. The van der Waals surface area contributed by atoms with E-state index in [0.29, 0.717) is 36.2 Å². The molecular formula is C23H30N2O4. The first kappa shape index (κ1) is 21.0. The van der Waals surface area contributed by atoms with Crippen molar-refractivity contribution in [2.24, 2.45) is 11.8 Å². The first-order valence-electron chi connectivity index (χ1n) is 10.2. The molecule has 1 saturated heterocycles. The maximum absolute atomic E-state index is 12.5. The molecule has 0 radical (unpaired) electrons. The number of aromatic hydroxyl groups is 2. The van der Waals surface area contributed by atoms with Crippen LogP contribution in [0.2, 0.25) is 0 Å². The Kier molecular flexibility index (Phi) is 6.99. The third-order valence-corrected chi connectivity index (χ3v) is 5.76. The summed E-state index contributed by atoms with van der Waals surface area (Å²) in [5.74, 6) is 1.79. The number of amides is 1. The van der Waals surface area contributed by atoms with Crippen LogP contribution in [0.1, 0.15) is 31.7 Å². The molecule has 0 spiro atoms. The lowest BCUT2D eigenvalue weighted by Crippen LogP contribution is -2.41. The van der Waals surface area contributed by atoms with Gasteiger partial charge in [-0.2, -0.15) is 0 Å². The maximum Gasteiger partial charge on any atom is 0.224 e. The average Bonchev–Trinajstić information content (AvgIpc) is 2.70. The summed E-state index contributed by atoms with van der Waals surface area (Å²) in [6.07, 6.45) is 2.44. The highest BCUT2D eigenvalue weighted by Gasteiger charge is 2.30. The second kappa shape index (κ2) is 9.65. The summed E-state index contributed by atoms with van der Waals surface area (Å²) in [6, 6.07) is 12.0. The number of phenolic OH excluding ortho intramolecular Hbond substituents is 2. The number of carbonyl (C=O) groups is 1. The molecule has 0 aliphatic carbocycles. The van der Waals surface area contributed by atoms with E-state index in [4.69, 9.17) is 4.74 Å². The van der Waals surface area contributed by atoms with Crippen LogP contribution < -0.4 is 10.1 Å². The molecule has 0 saturated carbocycles. The number of ether oxygens (including phenoxy) is 1. The number of rotatable bonds is 7. The molecule has 1 aliphatic rings. The minimum Gasteiger partial charge on any atom is -0.508 e. The van der Waals surface area contributed by atoms with Gasteiger partial charge in [-0.05, 0) is 43.0 Å². The van der Waals surface area contributed by atoms with E-state index in [1.165, 1.54) is 0 Å². The summed E-state index contributed by atoms with van der Waals surface area (Å²) < 4.78 is 5.15. The van der Waals surface area contributed by atoms with Gasteiger partial charge in [0.2, 0.25) is 5.91 Å². The van der Waals surface area contributed by atoms with Crippen LogP contribution in [0.4, 0.5) is 5.69 Å². The quantitative estimate of drug-likeness (QED) is 0.657. The zero-order valence-corrected chi connectivity index (χ0v) is 17.1. The number of benzene rings is 2. The molecule has 29 heavy (non-hydrogen) atoms. The Morgan fingerprint density at radius 2 is 2.03 bits per heavy atom. The highest BCUT2D eigenvalue weighted by atomic mass is 16.5. The Bertz CT molecular complexity index is 839. The Labute approximate surface area is 172 Å². The van der Waals surface area contributed by atoms with Crippen molar-refractivity contribution in [1.82, 2.24) is 4.90 Å². The Balaban J connectivity index is 1.55. The smallest absolute Gasteiger partial charge is 0.224 e. The SMILES string of the molecule is CC[C@@H]1CN(Cc2ccc(OC)cc2O)CC[C@H]1CC(=O)Nc1cccc(O)c1. The number of nitrogens with one attached hydrogen (secondary N) is 1. The lowest BCUT2D eigenvalue weighted by molar-refractivity contribution is -0.118. The molecule has 2 atom stereocenters. The van der Waals surface area contributed by atoms with Crippen LogP contribution in [0.15, 0.2) is 42.5 Å². The topological polar surface area (TPSA) is 82.0 Å². The van der Waals surface area contributed by atoms with E-state index >= 15 is 0 Å². The van der Waals surface area contributed by atoms with Crippen molar-refractivity contribution in [1.29, 1.82) is 0 Å². The van der Waals surface area contributed by atoms with Crippen molar-refractivity contribution in [3.63, 3.8) is 0 Å². The number of likely N-dealkylation sites (tertiary alicyclic amines) is 1. The van der Waals surface area contributed by atoms with Gasteiger partial charge >= 0.3 is 0 Å². The average molecular weight is 399 g/mol. The Morgan fingerprint density at radius 1 is 1.21 bits per heavy atom. The van der Waals surface area contributed by atoms with Gasteiger partial charge in [-0.1, -0.05) is 25.5 Å². The molecule has 0 aromatic heterocycles. The normalized spacial score (nSPS) is 19.7. The van der Waals surface area contributed by atoms with Crippen molar-refractivity contribution in [2.75, 3.05) is 25.5 Å². The number of anilines is 1. The molecule has 0 unspecified atom stereocenters. The van der Waals surface area contributed by atoms with E-state index in [2.05, 4.69) is 17.1 Å². The highest BCUT2D eigenvalue weighted by molar-refractivity contribution is 5.91. The van der Waals surface area contributed by atoms with Gasteiger partial charge in [-0.25, -0.2) is 0 Å². The van der Waals surface area contributed by atoms with E-state index in [-0.39, 0.29) is 17.4 Å². The molecule has 2 aromatic rings. The molecule has 1 fully saturated rings. The summed E-state index contributed by atoms with van der Waals surface area (Å²) in [5.41, 5.74) is 1.51. The molecule has 6 nitrogen and oxygen atoms in total. The fourth-order valence-electron chi connectivity index (χ4n) is 4.11. The van der Waals surface area contributed by atoms with E-state index in [1.807, 2.05) is 12.1 Å². The lowest BCUT2D eigenvalue weighted by Gasteiger charge is -2.38. The number of piperidine rings is 1. The van der Waals surface area contributed by atoms with Crippen LogP contribution in [0, 0.1) is 11.8 Å². The molecule has 6 heteroatoms. The molecule has 156 valence electrons. The van der Waals surface area contributed by atoms with Gasteiger partial charge in [0.05, 0.1) is 7.11 Å². The van der Waals surface area contributed by atoms with Gasteiger partial charge in [-0.3, -0.25) is 9.69 Å². The van der Waals surface area contributed by atoms with Crippen molar-refractivity contribution in [3.05, 3.63) is 48.0 Å². The summed E-state index contributed by atoms with van der Waals surface area (Å²) in [4.78, 5) is 14.8. The number of hydrogen-bond donors (Lipinski definition) is 3. The van der Waals surface area contributed by atoms with Gasteiger partial charge in [0.25, 0.3) is 0 Å². The molecule has 2 aromatic carbocycles. The third-order valence-electron chi connectivity index (χ3n) is 5.76. The molecular weight excluding hydrogens is 368 g/mol. The van der Waals surface area contributed by atoms with Crippen molar-refractivity contribution >= 4 is 11.6 Å². The minimum absolute atomic E-state index is 0.0136. The molecule has 3 N–H and O–H groups in total. The van der Waals surface area contributed by atoms with Crippen molar-refractivity contribution in [2.45, 2.75) is 32.7 Å². The van der Waals surface area contributed by atoms with Crippen LogP contribution >= 0.6 is 0 Å². The van der Waals surface area contributed by atoms with E-state index in [1.54, 1.807) is 37.4 Å². The van der Waals surface area contributed by atoms with Crippen LogP contribution in [0.3, 0.4) is 0 Å². The number of nitrogens with zero attached hydrogens (tertiary/aromatic N) is 1. The maximum atomic E-state index is 12.5. The van der Waals surface area contributed by atoms with E-state index in [0.717, 1.165) is 31.5 Å². The number of methoxy groups -OCH3 is 1. The Morgan fingerprint density at radius 3 is 2.72 bits per heavy atom. The predicted octanol–water partition coefficient (Wildman–Crippen LogP) is 3.98. The Hall–Kier alpha value is -2.73. The summed E-state index contributed by atoms with van der Waals surface area (Å²) in [5, 5.41) is 22.7. The van der Waals surface area contributed by atoms with Gasteiger partial charge < -0.3 is 20.3 Å². The highest BCUT2D eigenvalue weighted by Crippen LogP contribution is 2.32. The lowest BCUT2D eigenvalue weighted by atomic mass is 9.81. The van der Waals surface area contributed by atoms with Gasteiger partial charge in [0, 0.05) is 42.9 Å². The van der Waals surface area contributed by atoms with Crippen molar-refractivity contribution < 1.29 is 19.7 Å². The number of hydrogen-bond acceptors (Lipinski definition) is 5. The monoisotopic (exact) mass is 398 g/mol. The summed E-state index contributed by atoms with van der Waals surface area (Å²) in [7, 11) is 1.59. The summed E-state index contributed by atoms with van der Waals surface area (Å²) in [6.45, 7) is 4.66. The van der Waals surface area contributed by atoms with Crippen LogP contribution in [-0.2, 0) is 11.3 Å². The second-order valence-electron chi connectivity index (χ2n) is 7.75. The van der Waals surface area contributed by atoms with Gasteiger partial charge in [0.15, 0.2) is 0 Å². The van der Waals surface area contributed by atoms with E-state index in [9.17, 15) is 15.0 Å². The fourth-order valence-corrected chi connectivity index (χ4v) is 4.11. The van der Waals surface area contributed by atoms with Crippen LogP contribution in [0.25, 0.3) is 0 Å². The fraction of sp³-hybridized carbons (Fsp3) is 0.435. The predicted molar refractivity (Wildman–Crippen MR) is 113 cm³/mol. The van der Waals surface area contributed by atoms with Crippen LogP contribution in [-0.4, -0.2) is 41.2 Å². The number of phenols is 2. The molecule has 1 amide bonds. The molecule has 3 rings (SSSR count). The first-order valence-corrected chi connectivity index (χ1v) is 10.2. The van der Waals surface area contributed by atoms with Crippen LogP contribution in [0.5, 0.6) is 17.2 Å².